The van der Waals surface area contributed by atoms with Crippen molar-refractivity contribution in [2.75, 3.05) is 6.61 Å². The van der Waals surface area contributed by atoms with Gasteiger partial charge in [-0.05, 0) is 38.0 Å². The molecule has 2 saturated heterocycles. The van der Waals surface area contributed by atoms with Crippen molar-refractivity contribution in [3.05, 3.63) is 36.3 Å². The third-order valence-electron chi connectivity index (χ3n) is 12.1. The number of epoxide rings is 1. The van der Waals surface area contributed by atoms with Gasteiger partial charge in [-0.15, -0.1) is 0 Å². The summed E-state index contributed by atoms with van der Waals surface area (Å²) in [6.45, 7) is 11.8. The SMILES string of the molecule is CC(=O)O[C@]12OC[C@@]3(C)C(=O)C=C[C@@](C)([C@@H]13)[C@H]1[C@@H](O)[C@H](OC(=O)C(C)C)[C@@]3(C)[C@H](c4ccoc4)C[C@H]4O[C@]43[C@]1(C)C2=O. The van der Waals surface area contributed by atoms with E-state index in [2.05, 4.69) is 0 Å². The zero-order valence-electron chi connectivity index (χ0n) is 25.0. The van der Waals surface area contributed by atoms with Crippen LogP contribution in [0.5, 0.6) is 0 Å². The van der Waals surface area contributed by atoms with Gasteiger partial charge in [0.05, 0.1) is 54.0 Å². The number of hydrogen-bond acceptors (Lipinski definition) is 10. The standard InChI is InChI=1S/C32H38O10/c1-15(2)24(36)40-23-21(35)22-27(4)10-8-19(34)28(5)14-39-31(25(27)28,41-16(3)33)26(37)30(22,7)32-20(42-32)12-18(29(23,32)6)17-9-11-38-13-17/h8-11,13,15,18,20-23,25,35H,12,14H2,1-7H3/t18-,20+,21+,22+,23-,25+,27+,28-,29+,30-,31+,32+/m0/s1. The molecular weight excluding hydrogens is 544 g/mol. The number of fused-ring (bicyclic) bond motifs is 2. The van der Waals surface area contributed by atoms with Crippen molar-refractivity contribution in [3.8, 4) is 0 Å². The van der Waals surface area contributed by atoms with Gasteiger partial charge in [0.1, 0.15) is 11.7 Å². The topological polar surface area (TPSA) is 142 Å². The predicted molar refractivity (Wildman–Crippen MR) is 143 cm³/mol. The van der Waals surface area contributed by atoms with Crippen LogP contribution in [0.3, 0.4) is 0 Å². The maximum atomic E-state index is 15.3. The Morgan fingerprint density at radius 3 is 2.48 bits per heavy atom. The Balaban J connectivity index is 1.51. The van der Waals surface area contributed by atoms with Crippen molar-refractivity contribution in [2.45, 2.75) is 90.5 Å². The number of carbonyl (C=O) groups is 4. The number of ether oxygens (including phenoxy) is 4. The first-order chi connectivity index (χ1) is 19.6. The molecule has 0 aromatic carbocycles. The highest BCUT2D eigenvalue weighted by Gasteiger charge is 2.94. The Hall–Kier alpha value is -2.82. The molecule has 12 atom stereocenters. The van der Waals surface area contributed by atoms with Crippen LogP contribution in [-0.4, -0.2) is 64.9 Å². The highest BCUT2D eigenvalue weighted by molar-refractivity contribution is 6.02. The van der Waals surface area contributed by atoms with E-state index >= 15 is 4.79 Å². The van der Waals surface area contributed by atoms with Crippen molar-refractivity contribution < 1.29 is 47.6 Å². The van der Waals surface area contributed by atoms with Crippen molar-refractivity contribution in [3.63, 3.8) is 0 Å². The van der Waals surface area contributed by atoms with Crippen LogP contribution in [0.1, 0.15) is 66.4 Å². The molecule has 1 N–H and O–H groups in total. The van der Waals surface area contributed by atoms with Gasteiger partial charge in [-0.2, -0.15) is 0 Å². The first-order valence-electron chi connectivity index (χ1n) is 14.8. The van der Waals surface area contributed by atoms with Gasteiger partial charge >= 0.3 is 11.9 Å². The second-order valence-corrected chi connectivity index (χ2v) is 14.4. The number of esters is 2. The molecule has 7 rings (SSSR count). The number of rotatable bonds is 4. The molecule has 10 nitrogen and oxygen atoms in total. The Morgan fingerprint density at radius 2 is 1.86 bits per heavy atom. The monoisotopic (exact) mass is 582 g/mol. The molecule has 3 saturated carbocycles. The van der Waals surface area contributed by atoms with Crippen LogP contribution in [-0.2, 0) is 38.1 Å². The molecule has 1 aromatic rings. The molecular formula is C32H38O10. The van der Waals surface area contributed by atoms with E-state index in [1.165, 1.54) is 13.0 Å². The summed E-state index contributed by atoms with van der Waals surface area (Å²) in [5, 5.41) is 12.6. The second kappa shape index (κ2) is 8.01. The molecule has 0 bridgehead atoms. The molecule has 0 radical (unpaired) electrons. The lowest BCUT2D eigenvalue weighted by Crippen LogP contribution is -2.81. The highest BCUT2D eigenvalue weighted by atomic mass is 16.7. The van der Waals surface area contributed by atoms with Crippen LogP contribution in [0.4, 0.5) is 0 Å². The number of Topliss-reactive ketones (excluding diaryl/α,β-unsaturated/α-hetero) is 1. The van der Waals surface area contributed by atoms with Gasteiger partial charge in [-0.1, -0.05) is 33.8 Å². The molecule has 10 heteroatoms. The largest absolute Gasteiger partial charge is 0.472 e. The number of hydrogen-bond donors (Lipinski definition) is 1. The summed E-state index contributed by atoms with van der Waals surface area (Å²) in [6.07, 6.45) is 4.12. The van der Waals surface area contributed by atoms with E-state index in [-0.39, 0.29) is 18.3 Å². The Labute approximate surface area is 244 Å². The summed E-state index contributed by atoms with van der Waals surface area (Å²) in [7, 11) is 0. The van der Waals surface area contributed by atoms with Crippen LogP contribution in [0.15, 0.2) is 35.2 Å². The molecule has 2 aliphatic heterocycles. The fourth-order valence-electron chi connectivity index (χ4n) is 10.7. The van der Waals surface area contributed by atoms with Gasteiger partial charge in [-0.3, -0.25) is 19.2 Å². The maximum absolute atomic E-state index is 15.3. The van der Waals surface area contributed by atoms with Crippen LogP contribution in [0.2, 0.25) is 0 Å². The molecule has 1 spiro atoms. The van der Waals surface area contributed by atoms with Crippen molar-refractivity contribution in [1.29, 1.82) is 0 Å². The van der Waals surface area contributed by atoms with E-state index in [1.54, 1.807) is 46.3 Å². The summed E-state index contributed by atoms with van der Waals surface area (Å²) >= 11 is 0. The summed E-state index contributed by atoms with van der Waals surface area (Å²) in [6, 6.07) is 1.85. The molecule has 5 fully saturated rings. The van der Waals surface area contributed by atoms with E-state index in [9.17, 15) is 19.5 Å². The lowest BCUT2D eigenvalue weighted by Gasteiger charge is -2.68. The van der Waals surface area contributed by atoms with Gasteiger partial charge in [0, 0.05) is 29.6 Å². The fraction of sp³-hybridized carbons (Fsp3) is 0.688. The number of allylic oxidation sites excluding steroid dienone is 2. The summed E-state index contributed by atoms with van der Waals surface area (Å²) in [5.74, 6) is -6.57. The van der Waals surface area contributed by atoms with Crippen molar-refractivity contribution >= 4 is 23.5 Å². The summed E-state index contributed by atoms with van der Waals surface area (Å²) in [5.41, 5.74) is -5.20. The lowest BCUT2D eigenvalue weighted by molar-refractivity contribution is -0.300. The normalized spacial score (nSPS) is 51.5. The van der Waals surface area contributed by atoms with E-state index in [0.717, 1.165) is 5.56 Å². The predicted octanol–water partition coefficient (Wildman–Crippen LogP) is 3.12. The van der Waals surface area contributed by atoms with Crippen LogP contribution in [0.25, 0.3) is 0 Å². The zero-order valence-corrected chi connectivity index (χ0v) is 25.0. The third-order valence-corrected chi connectivity index (χ3v) is 12.1. The smallest absolute Gasteiger partial charge is 0.308 e. The van der Waals surface area contributed by atoms with Gasteiger partial charge in [0.2, 0.25) is 5.78 Å². The van der Waals surface area contributed by atoms with Crippen LogP contribution in [0, 0.1) is 39.4 Å². The minimum Gasteiger partial charge on any atom is -0.472 e. The van der Waals surface area contributed by atoms with Gasteiger partial charge in [0.15, 0.2) is 5.78 Å². The van der Waals surface area contributed by atoms with E-state index in [4.69, 9.17) is 23.4 Å². The van der Waals surface area contributed by atoms with Gasteiger partial charge in [-0.25, -0.2) is 0 Å². The minimum atomic E-state index is -2.07. The van der Waals surface area contributed by atoms with Crippen molar-refractivity contribution in [2.24, 2.45) is 39.4 Å². The zero-order chi connectivity index (χ0) is 30.4. The summed E-state index contributed by atoms with van der Waals surface area (Å²) in [4.78, 5) is 54.6. The number of ketones is 2. The molecule has 226 valence electrons. The molecule has 42 heavy (non-hydrogen) atoms. The van der Waals surface area contributed by atoms with E-state index in [0.29, 0.717) is 6.42 Å². The van der Waals surface area contributed by atoms with E-state index in [1.807, 2.05) is 19.9 Å². The number of carbonyl (C=O) groups excluding carboxylic acids is 4. The maximum Gasteiger partial charge on any atom is 0.308 e. The molecule has 4 aliphatic carbocycles. The second-order valence-electron chi connectivity index (χ2n) is 14.4. The van der Waals surface area contributed by atoms with Gasteiger partial charge < -0.3 is 28.5 Å². The molecule has 1 aromatic heterocycles. The summed E-state index contributed by atoms with van der Waals surface area (Å²) < 4.78 is 30.5. The fourth-order valence-corrected chi connectivity index (χ4v) is 10.7. The molecule has 3 heterocycles. The average Bonchev–Trinajstić information content (AvgIpc) is 3.18. The Bertz CT molecular complexity index is 1450. The number of aliphatic hydroxyl groups is 1. The molecule has 6 aliphatic rings. The first kappa shape index (κ1) is 28.0. The first-order valence-corrected chi connectivity index (χ1v) is 14.8. The number of aliphatic hydroxyl groups excluding tert-OH is 1. The Morgan fingerprint density at radius 1 is 1.14 bits per heavy atom. The van der Waals surface area contributed by atoms with E-state index < -0.39 is 86.8 Å². The third kappa shape index (κ3) is 2.74. The van der Waals surface area contributed by atoms with Crippen molar-refractivity contribution in [1.82, 2.24) is 0 Å². The molecule has 0 unspecified atom stereocenters. The quantitative estimate of drug-likeness (QED) is 0.416. The average molecular weight is 583 g/mol. The lowest BCUT2D eigenvalue weighted by atomic mass is 9.35. The Kier molecular flexibility index (Phi) is 5.34. The van der Waals surface area contributed by atoms with Gasteiger partial charge in [0.25, 0.3) is 5.79 Å². The van der Waals surface area contributed by atoms with Crippen LogP contribution < -0.4 is 0 Å². The number of furan rings is 1. The highest BCUT2D eigenvalue weighted by Crippen LogP contribution is 2.83. The minimum absolute atomic E-state index is 0.133. The van der Waals surface area contributed by atoms with Crippen LogP contribution >= 0.6 is 0 Å². The molecule has 0 amide bonds.